The summed E-state index contributed by atoms with van der Waals surface area (Å²) in [5, 5.41) is 18.3. The van der Waals surface area contributed by atoms with E-state index in [1.165, 1.54) is 11.0 Å². The first-order chi connectivity index (χ1) is 9.69. The van der Waals surface area contributed by atoms with E-state index in [-0.39, 0.29) is 6.54 Å². The number of benzene rings is 2. The molecular weight excluding hydrogens is 256 g/mol. The van der Waals surface area contributed by atoms with E-state index in [0.29, 0.717) is 22.7 Å². The van der Waals surface area contributed by atoms with Crippen LogP contribution in [0.3, 0.4) is 0 Å². The van der Waals surface area contributed by atoms with Crippen LogP contribution in [0.15, 0.2) is 42.5 Å². The van der Waals surface area contributed by atoms with Crippen molar-refractivity contribution in [3.63, 3.8) is 0 Å². The predicted molar refractivity (Wildman–Crippen MR) is 71.9 cm³/mol. The van der Waals surface area contributed by atoms with E-state index < -0.39 is 6.09 Å². The van der Waals surface area contributed by atoms with Crippen LogP contribution in [-0.2, 0) is 6.54 Å². The van der Waals surface area contributed by atoms with Crippen molar-refractivity contribution in [3.05, 3.63) is 53.6 Å². The maximum absolute atomic E-state index is 11.5. The fourth-order valence-electron chi connectivity index (χ4n) is 2.16. The molecule has 1 amide bonds. The second-order valence-electron chi connectivity index (χ2n) is 4.37. The molecule has 0 aromatic heterocycles. The van der Waals surface area contributed by atoms with Gasteiger partial charge in [0, 0.05) is 5.56 Å². The lowest BCUT2D eigenvalue weighted by Crippen LogP contribution is -2.28. The lowest BCUT2D eigenvalue weighted by atomic mass is 10.1. The Morgan fingerprint density at radius 2 is 2.05 bits per heavy atom. The minimum atomic E-state index is -1.08. The number of fused-ring (bicyclic) bond motifs is 2. The molecule has 0 bridgehead atoms. The average Bonchev–Trinajstić information content (AvgIpc) is 2.62. The largest absolute Gasteiger partial charge is 0.465 e. The number of hydrogen-bond acceptors (Lipinski definition) is 3. The zero-order valence-electron chi connectivity index (χ0n) is 10.4. The van der Waals surface area contributed by atoms with E-state index in [9.17, 15) is 9.90 Å². The van der Waals surface area contributed by atoms with Crippen LogP contribution in [0.2, 0.25) is 0 Å². The van der Waals surface area contributed by atoms with Gasteiger partial charge < -0.3 is 9.84 Å². The van der Waals surface area contributed by atoms with Crippen molar-refractivity contribution in [1.82, 2.24) is 0 Å². The van der Waals surface area contributed by atoms with Crippen molar-refractivity contribution in [2.75, 3.05) is 4.90 Å². The quantitative estimate of drug-likeness (QED) is 0.793. The third-order valence-corrected chi connectivity index (χ3v) is 3.13. The number of hydrogen-bond donors (Lipinski definition) is 1. The second-order valence-corrected chi connectivity index (χ2v) is 4.37. The molecule has 2 aromatic carbocycles. The number of para-hydroxylation sites is 1. The number of carboxylic acid groups (broad SMARTS) is 1. The molecule has 1 heterocycles. The van der Waals surface area contributed by atoms with Gasteiger partial charge in [-0.3, -0.25) is 4.90 Å². The van der Waals surface area contributed by atoms with E-state index in [4.69, 9.17) is 10.00 Å². The highest BCUT2D eigenvalue weighted by Gasteiger charge is 2.25. The summed E-state index contributed by atoms with van der Waals surface area (Å²) in [6, 6.07) is 14.0. The van der Waals surface area contributed by atoms with E-state index in [1.807, 2.05) is 24.3 Å². The summed E-state index contributed by atoms with van der Waals surface area (Å²) < 4.78 is 5.77. The Morgan fingerprint density at radius 1 is 1.25 bits per heavy atom. The molecule has 0 atom stereocenters. The van der Waals surface area contributed by atoms with Crippen molar-refractivity contribution in [2.45, 2.75) is 6.54 Å². The molecule has 3 rings (SSSR count). The van der Waals surface area contributed by atoms with Gasteiger partial charge in [-0.15, -0.1) is 0 Å². The fourth-order valence-corrected chi connectivity index (χ4v) is 2.16. The fraction of sp³-hybridized carbons (Fsp3) is 0.0667. The zero-order valence-corrected chi connectivity index (χ0v) is 10.4. The minimum absolute atomic E-state index is 0.188. The van der Waals surface area contributed by atoms with Gasteiger partial charge >= 0.3 is 6.09 Å². The number of nitrogens with zero attached hydrogens (tertiary/aromatic N) is 2. The number of carbonyl (C=O) groups is 1. The first-order valence-corrected chi connectivity index (χ1v) is 5.99. The van der Waals surface area contributed by atoms with Crippen LogP contribution >= 0.6 is 0 Å². The molecule has 20 heavy (non-hydrogen) atoms. The summed E-state index contributed by atoms with van der Waals surface area (Å²) in [6.45, 7) is 0.188. The van der Waals surface area contributed by atoms with Crippen LogP contribution in [0.1, 0.15) is 11.1 Å². The summed E-state index contributed by atoms with van der Waals surface area (Å²) in [5.74, 6) is 1.05. The number of ether oxygens (including phenoxy) is 1. The van der Waals surface area contributed by atoms with Crippen molar-refractivity contribution in [2.24, 2.45) is 0 Å². The van der Waals surface area contributed by atoms with Crippen molar-refractivity contribution < 1.29 is 14.6 Å². The van der Waals surface area contributed by atoms with E-state index in [2.05, 4.69) is 0 Å². The molecule has 1 N–H and O–H groups in total. The molecule has 0 fully saturated rings. The first-order valence-electron chi connectivity index (χ1n) is 5.99. The third kappa shape index (κ3) is 1.93. The Morgan fingerprint density at radius 3 is 2.80 bits per heavy atom. The van der Waals surface area contributed by atoms with Gasteiger partial charge in [-0.25, -0.2) is 4.79 Å². The molecule has 98 valence electrons. The Bertz CT molecular complexity index is 734. The van der Waals surface area contributed by atoms with Crippen LogP contribution in [0.5, 0.6) is 11.5 Å². The lowest BCUT2D eigenvalue weighted by Gasteiger charge is -2.18. The number of rotatable bonds is 0. The molecule has 0 saturated heterocycles. The number of amides is 1. The SMILES string of the molecule is N#Cc1ccc2c(c1)N(C(=O)O)Cc1ccccc1O2. The third-order valence-electron chi connectivity index (χ3n) is 3.13. The molecular formula is C15H10N2O3. The van der Waals surface area contributed by atoms with Crippen LogP contribution in [0.25, 0.3) is 0 Å². The summed E-state index contributed by atoms with van der Waals surface area (Å²) in [4.78, 5) is 12.6. The molecule has 0 saturated carbocycles. The van der Waals surface area contributed by atoms with Gasteiger partial charge in [-0.1, -0.05) is 18.2 Å². The molecule has 5 nitrogen and oxygen atoms in total. The molecule has 1 aliphatic rings. The van der Waals surface area contributed by atoms with E-state index in [1.54, 1.807) is 18.2 Å². The summed E-state index contributed by atoms with van der Waals surface area (Å²) in [5.41, 5.74) is 1.56. The van der Waals surface area contributed by atoms with Crippen LogP contribution in [0.4, 0.5) is 10.5 Å². The van der Waals surface area contributed by atoms with Crippen molar-refractivity contribution >= 4 is 11.8 Å². The molecule has 0 radical (unpaired) electrons. The summed E-state index contributed by atoms with van der Waals surface area (Å²) in [7, 11) is 0. The van der Waals surface area contributed by atoms with E-state index >= 15 is 0 Å². The van der Waals surface area contributed by atoms with Gasteiger partial charge in [0.1, 0.15) is 5.75 Å². The molecule has 5 heteroatoms. The average molecular weight is 266 g/mol. The van der Waals surface area contributed by atoms with Crippen LogP contribution < -0.4 is 9.64 Å². The van der Waals surface area contributed by atoms with Crippen molar-refractivity contribution in [3.8, 4) is 17.6 Å². The van der Waals surface area contributed by atoms with Gasteiger partial charge in [0.15, 0.2) is 5.75 Å². The summed E-state index contributed by atoms with van der Waals surface area (Å²) in [6.07, 6.45) is -1.08. The standard InChI is InChI=1S/C15H10N2O3/c16-8-10-5-6-14-12(7-10)17(15(18)19)9-11-3-1-2-4-13(11)20-14/h1-7H,9H2,(H,18,19). The highest BCUT2D eigenvalue weighted by molar-refractivity contribution is 5.89. The maximum Gasteiger partial charge on any atom is 0.412 e. The van der Waals surface area contributed by atoms with Crippen LogP contribution in [-0.4, -0.2) is 11.2 Å². The zero-order chi connectivity index (χ0) is 14.1. The van der Waals surface area contributed by atoms with Crippen LogP contribution in [0, 0.1) is 11.3 Å². The normalized spacial score (nSPS) is 12.4. The second kappa shape index (κ2) is 4.59. The molecule has 1 aliphatic heterocycles. The Labute approximate surface area is 115 Å². The Hall–Kier alpha value is -3.00. The van der Waals surface area contributed by atoms with Gasteiger partial charge in [-0.05, 0) is 24.3 Å². The van der Waals surface area contributed by atoms with Gasteiger partial charge in [0.25, 0.3) is 0 Å². The lowest BCUT2D eigenvalue weighted by molar-refractivity contribution is 0.201. The first kappa shape index (κ1) is 12.1. The number of anilines is 1. The summed E-state index contributed by atoms with van der Waals surface area (Å²) >= 11 is 0. The monoisotopic (exact) mass is 266 g/mol. The Kier molecular flexibility index (Phi) is 2.77. The highest BCUT2D eigenvalue weighted by atomic mass is 16.5. The molecule has 0 spiro atoms. The van der Waals surface area contributed by atoms with Gasteiger partial charge in [-0.2, -0.15) is 5.26 Å². The predicted octanol–water partition coefficient (Wildman–Crippen LogP) is 3.35. The van der Waals surface area contributed by atoms with Gasteiger partial charge in [0.05, 0.1) is 23.9 Å². The molecule has 0 unspecified atom stereocenters. The van der Waals surface area contributed by atoms with Crippen molar-refractivity contribution in [1.29, 1.82) is 5.26 Å². The molecule has 0 aliphatic carbocycles. The smallest absolute Gasteiger partial charge is 0.412 e. The topological polar surface area (TPSA) is 73.6 Å². The maximum atomic E-state index is 11.5. The number of nitriles is 1. The van der Waals surface area contributed by atoms with E-state index in [0.717, 1.165) is 5.56 Å². The highest BCUT2D eigenvalue weighted by Crippen LogP contribution is 2.39. The minimum Gasteiger partial charge on any atom is -0.465 e. The molecule has 2 aromatic rings. The Balaban J connectivity index is 2.19. The van der Waals surface area contributed by atoms with Gasteiger partial charge in [0.2, 0.25) is 0 Å².